The fourth-order valence-electron chi connectivity index (χ4n) is 2.70. The summed E-state index contributed by atoms with van der Waals surface area (Å²) in [6.45, 7) is 1.52. The molecule has 1 aliphatic rings. The van der Waals surface area contributed by atoms with E-state index in [1.807, 2.05) is 12.1 Å². The van der Waals surface area contributed by atoms with Crippen LogP contribution in [0.5, 0.6) is 0 Å². The third kappa shape index (κ3) is 2.01. The van der Waals surface area contributed by atoms with E-state index in [2.05, 4.69) is 4.98 Å². The van der Waals surface area contributed by atoms with Crippen molar-refractivity contribution in [3.05, 3.63) is 64.5 Å². The lowest BCUT2D eigenvalue weighted by Crippen LogP contribution is -2.13. The van der Waals surface area contributed by atoms with Crippen molar-refractivity contribution in [3.63, 3.8) is 0 Å². The molecular weight excluding hydrogens is 260 g/mol. The van der Waals surface area contributed by atoms with Gasteiger partial charge in [-0.25, -0.2) is 8.78 Å². The van der Waals surface area contributed by atoms with Gasteiger partial charge in [-0.15, -0.1) is 0 Å². The number of carbonyl (C=O) groups excluding carboxylic acids is 1. The number of fused-ring (bicyclic) bond motifs is 1. The van der Waals surface area contributed by atoms with Crippen LogP contribution >= 0.6 is 0 Å². The highest BCUT2D eigenvalue weighted by Crippen LogP contribution is 2.34. The second-order valence-electron chi connectivity index (χ2n) is 5.08. The molecule has 0 radical (unpaired) electrons. The Kier molecular flexibility index (Phi) is 3.08. The van der Waals surface area contributed by atoms with Gasteiger partial charge in [0.15, 0.2) is 5.78 Å². The summed E-state index contributed by atoms with van der Waals surface area (Å²) >= 11 is 0. The van der Waals surface area contributed by atoms with Crippen molar-refractivity contribution in [2.45, 2.75) is 25.7 Å². The first kappa shape index (κ1) is 12.9. The molecule has 1 atom stereocenters. The highest BCUT2D eigenvalue weighted by molar-refractivity contribution is 6.01. The number of ketones is 1. The number of halogens is 2. The van der Waals surface area contributed by atoms with E-state index in [-0.39, 0.29) is 16.9 Å². The second kappa shape index (κ2) is 4.78. The quantitative estimate of drug-likeness (QED) is 0.783. The van der Waals surface area contributed by atoms with Crippen molar-refractivity contribution in [2.24, 2.45) is 0 Å². The van der Waals surface area contributed by atoms with Gasteiger partial charge in [0.1, 0.15) is 11.6 Å². The summed E-state index contributed by atoms with van der Waals surface area (Å²) < 4.78 is 27.1. The van der Waals surface area contributed by atoms with Gasteiger partial charge in [0.2, 0.25) is 0 Å². The lowest BCUT2D eigenvalue weighted by molar-refractivity contribution is 0.0954. The van der Waals surface area contributed by atoms with Crippen molar-refractivity contribution >= 4 is 5.78 Å². The average Bonchev–Trinajstić information content (AvgIpc) is 2.86. The minimum atomic E-state index is -0.803. The smallest absolute Gasteiger partial charge is 0.174 e. The van der Waals surface area contributed by atoms with Crippen molar-refractivity contribution < 1.29 is 13.6 Å². The highest BCUT2D eigenvalue weighted by atomic mass is 19.1. The summed E-state index contributed by atoms with van der Waals surface area (Å²) in [5.41, 5.74) is 1.98. The molecule has 2 nitrogen and oxygen atoms in total. The van der Waals surface area contributed by atoms with Gasteiger partial charge < -0.3 is 0 Å². The first-order chi connectivity index (χ1) is 9.58. The molecule has 1 aromatic heterocycles. The summed E-state index contributed by atoms with van der Waals surface area (Å²) in [6.07, 6.45) is 3.03. The Bertz CT molecular complexity index is 697. The number of pyridine rings is 1. The largest absolute Gasteiger partial charge is 0.293 e. The number of rotatable bonds is 2. The fourth-order valence-corrected chi connectivity index (χ4v) is 2.70. The molecule has 1 unspecified atom stereocenters. The van der Waals surface area contributed by atoms with Crippen LogP contribution in [0, 0.1) is 18.6 Å². The van der Waals surface area contributed by atoms with E-state index < -0.39 is 17.6 Å². The molecule has 1 aromatic carbocycles. The van der Waals surface area contributed by atoms with E-state index in [0.29, 0.717) is 6.42 Å². The number of hydrogen-bond acceptors (Lipinski definition) is 2. The second-order valence-corrected chi connectivity index (χ2v) is 5.08. The molecule has 0 aliphatic heterocycles. The van der Waals surface area contributed by atoms with Crippen molar-refractivity contribution in [3.8, 4) is 0 Å². The van der Waals surface area contributed by atoms with Crippen LogP contribution in [0.15, 0.2) is 30.5 Å². The molecule has 0 bridgehead atoms. The molecule has 1 aliphatic carbocycles. The van der Waals surface area contributed by atoms with Gasteiger partial charge >= 0.3 is 0 Å². The summed E-state index contributed by atoms with van der Waals surface area (Å²) in [6, 6.07) is 5.82. The van der Waals surface area contributed by atoms with Crippen LogP contribution in [0.2, 0.25) is 0 Å². The minimum Gasteiger partial charge on any atom is -0.293 e. The maximum atomic E-state index is 13.8. The Balaban J connectivity index is 2.01. The van der Waals surface area contributed by atoms with Crippen LogP contribution in [-0.2, 0) is 6.42 Å². The zero-order valence-electron chi connectivity index (χ0n) is 11.0. The molecule has 0 amide bonds. The first-order valence-corrected chi connectivity index (χ1v) is 6.51. The summed E-state index contributed by atoms with van der Waals surface area (Å²) in [4.78, 5) is 16.7. The molecule has 20 heavy (non-hydrogen) atoms. The van der Waals surface area contributed by atoms with Crippen LogP contribution in [-0.4, -0.2) is 10.8 Å². The van der Waals surface area contributed by atoms with E-state index in [0.717, 1.165) is 23.7 Å². The topological polar surface area (TPSA) is 30.0 Å². The predicted molar refractivity (Wildman–Crippen MR) is 70.7 cm³/mol. The Labute approximate surface area is 115 Å². The van der Waals surface area contributed by atoms with E-state index >= 15 is 0 Å². The van der Waals surface area contributed by atoms with Gasteiger partial charge in [0.25, 0.3) is 0 Å². The Hall–Kier alpha value is -2.10. The van der Waals surface area contributed by atoms with Gasteiger partial charge in [0, 0.05) is 12.3 Å². The Morgan fingerprint density at radius 1 is 1.30 bits per heavy atom. The van der Waals surface area contributed by atoms with E-state index in [1.165, 1.54) is 13.0 Å². The van der Waals surface area contributed by atoms with E-state index in [1.54, 1.807) is 6.20 Å². The molecule has 0 fully saturated rings. The van der Waals surface area contributed by atoms with Gasteiger partial charge in [-0.3, -0.25) is 9.78 Å². The molecule has 102 valence electrons. The van der Waals surface area contributed by atoms with Gasteiger partial charge in [-0.05, 0) is 43.0 Å². The lowest BCUT2D eigenvalue weighted by atomic mass is 9.94. The standard InChI is InChI=1S/C16H13F2NO/c1-9-7-12(14(18)8-13(9)17)16(20)11-5-4-10-3-2-6-19-15(10)11/h2-3,6-8,11H,4-5H2,1H3. The highest BCUT2D eigenvalue weighted by Gasteiger charge is 2.32. The van der Waals surface area contributed by atoms with Gasteiger partial charge in [-0.1, -0.05) is 6.07 Å². The minimum absolute atomic E-state index is 0.0487. The lowest BCUT2D eigenvalue weighted by Gasteiger charge is -2.11. The number of aromatic nitrogens is 1. The summed E-state index contributed by atoms with van der Waals surface area (Å²) in [7, 11) is 0. The maximum absolute atomic E-state index is 13.8. The third-order valence-corrected chi connectivity index (χ3v) is 3.79. The number of carbonyl (C=O) groups is 1. The third-order valence-electron chi connectivity index (χ3n) is 3.79. The fraction of sp³-hybridized carbons (Fsp3) is 0.250. The molecular formula is C16H13F2NO. The SMILES string of the molecule is Cc1cc(C(=O)C2CCc3cccnc32)c(F)cc1F. The summed E-state index contributed by atoms with van der Waals surface area (Å²) in [5.74, 6) is -2.18. The maximum Gasteiger partial charge on any atom is 0.174 e. The van der Waals surface area contributed by atoms with Crippen LogP contribution < -0.4 is 0 Å². The average molecular weight is 273 g/mol. The van der Waals surface area contributed by atoms with Gasteiger partial charge in [-0.2, -0.15) is 0 Å². The van der Waals surface area contributed by atoms with Crippen LogP contribution in [0.3, 0.4) is 0 Å². The van der Waals surface area contributed by atoms with Crippen LogP contribution in [0.1, 0.15) is 39.5 Å². The molecule has 4 heteroatoms. The van der Waals surface area contributed by atoms with Gasteiger partial charge in [0.05, 0.1) is 17.2 Å². The van der Waals surface area contributed by atoms with E-state index in [4.69, 9.17) is 0 Å². The van der Waals surface area contributed by atoms with Crippen molar-refractivity contribution in [1.82, 2.24) is 4.98 Å². The molecule has 0 N–H and O–H groups in total. The predicted octanol–water partition coefficient (Wildman–Crippen LogP) is 3.58. The Morgan fingerprint density at radius 2 is 2.10 bits per heavy atom. The number of aryl methyl sites for hydroxylation is 2. The zero-order valence-corrected chi connectivity index (χ0v) is 11.0. The number of benzene rings is 1. The number of hydrogen-bond donors (Lipinski definition) is 0. The van der Waals surface area contributed by atoms with Crippen LogP contribution in [0.25, 0.3) is 0 Å². The Morgan fingerprint density at radius 3 is 2.90 bits per heavy atom. The number of Topliss-reactive ketones (excluding diaryl/α,β-unsaturated/α-hetero) is 1. The van der Waals surface area contributed by atoms with Crippen molar-refractivity contribution in [1.29, 1.82) is 0 Å². The molecule has 0 spiro atoms. The molecule has 0 saturated carbocycles. The normalized spacial score (nSPS) is 17.1. The molecule has 2 aromatic rings. The van der Waals surface area contributed by atoms with Crippen LogP contribution in [0.4, 0.5) is 8.78 Å². The number of nitrogens with zero attached hydrogens (tertiary/aromatic N) is 1. The van der Waals surface area contributed by atoms with Crippen molar-refractivity contribution in [2.75, 3.05) is 0 Å². The monoisotopic (exact) mass is 273 g/mol. The molecule has 3 rings (SSSR count). The zero-order chi connectivity index (χ0) is 14.3. The molecule has 0 saturated heterocycles. The summed E-state index contributed by atoms with van der Waals surface area (Å²) in [5, 5.41) is 0. The first-order valence-electron chi connectivity index (χ1n) is 6.51. The molecule has 1 heterocycles. The van der Waals surface area contributed by atoms with E-state index in [9.17, 15) is 13.6 Å².